The number of nitrogens with zero attached hydrogens (tertiary/aromatic N) is 3. The van der Waals surface area contributed by atoms with Crippen LogP contribution in [0.25, 0.3) is 10.9 Å². The van der Waals surface area contributed by atoms with Crippen molar-refractivity contribution in [3.8, 4) is 17.2 Å². The molecule has 1 aliphatic heterocycles. The molecule has 1 atom stereocenters. The summed E-state index contributed by atoms with van der Waals surface area (Å²) in [6.07, 6.45) is 1.83. The zero-order valence-electron chi connectivity index (χ0n) is 16.3. The summed E-state index contributed by atoms with van der Waals surface area (Å²) in [5, 5.41) is 13.0. The normalized spacial score (nSPS) is 16.8. The Labute approximate surface area is 164 Å². The number of benzene rings is 2. The van der Waals surface area contributed by atoms with Crippen LogP contribution in [0.1, 0.15) is 11.6 Å². The third-order valence-corrected chi connectivity index (χ3v) is 5.15. The quantitative estimate of drug-likeness (QED) is 0.730. The molecule has 1 aromatic heterocycles. The van der Waals surface area contributed by atoms with E-state index in [-0.39, 0.29) is 6.04 Å². The monoisotopic (exact) mass is 380 g/mol. The first-order valence-electron chi connectivity index (χ1n) is 9.24. The number of anilines is 1. The molecule has 7 nitrogen and oxygen atoms in total. The van der Waals surface area contributed by atoms with Crippen molar-refractivity contribution >= 4 is 16.6 Å². The topological polar surface area (TPSA) is 68.7 Å². The summed E-state index contributed by atoms with van der Waals surface area (Å²) in [6, 6.07) is 12.2. The largest absolute Gasteiger partial charge is 0.497 e. The first kappa shape index (κ1) is 18.3. The molecule has 1 N–H and O–H groups in total. The predicted molar refractivity (Wildman–Crippen MR) is 109 cm³/mol. The van der Waals surface area contributed by atoms with Crippen molar-refractivity contribution in [3.63, 3.8) is 0 Å². The van der Waals surface area contributed by atoms with Crippen molar-refractivity contribution in [1.82, 2.24) is 15.5 Å². The number of aromatic nitrogens is 2. The van der Waals surface area contributed by atoms with Crippen LogP contribution in [0.15, 0.2) is 42.6 Å². The Hall–Kier alpha value is -3.06. The molecule has 1 saturated heterocycles. The van der Waals surface area contributed by atoms with Gasteiger partial charge in [0.15, 0.2) is 11.5 Å². The highest BCUT2D eigenvalue weighted by molar-refractivity contribution is 5.93. The Kier molecular flexibility index (Phi) is 5.16. The van der Waals surface area contributed by atoms with E-state index in [4.69, 9.17) is 14.2 Å². The number of methoxy groups -OCH3 is 3. The second-order valence-corrected chi connectivity index (χ2v) is 6.64. The first-order valence-corrected chi connectivity index (χ1v) is 9.24. The number of hydrogen-bond acceptors (Lipinski definition) is 7. The van der Waals surface area contributed by atoms with E-state index in [1.165, 1.54) is 5.56 Å². The second kappa shape index (κ2) is 7.90. The molecular weight excluding hydrogens is 356 g/mol. The van der Waals surface area contributed by atoms with Crippen molar-refractivity contribution in [1.29, 1.82) is 0 Å². The molecule has 0 bridgehead atoms. The number of ether oxygens (including phenoxy) is 3. The van der Waals surface area contributed by atoms with Crippen LogP contribution >= 0.6 is 0 Å². The van der Waals surface area contributed by atoms with Gasteiger partial charge in [-0.2, -0.15) is 10.2 Å². The fraction of sp³-hybridized carbons (Fsp3) is 0.333. The molecule has 7 heteroatoms. The maximum atomic E-state index is 5.51. The van der Waals surface area contributed by atoms with Crippen molar-refractivity contribution < 1.29 is 14.2 Å². The third kappa shape index (κ3) is 3.29. The summed E-state index contributed by atoms with van der Waals surface area (Å²) in [4.78, 5) is 2.37. The van der Waals surface area contributed by atoms with Crippen molar-refractivity contribution in [2.45, 2.75) is 6.04 Å². The van der Waals surface area contributed by atoms with Crippen LogP contribution < -0.4 is 24.4 Å². The van der Waals surface area contributed by atoms with Gasteiger partial charge < -0.3 is 24.4 Å². The van der Waals surface area contributed by atoms with Gasteiger partial charge in [0.05, 0.1) is 44.8 Å². The van der Waals surface area contributed by atoms with E-state index in [2.05, 4.69) is 32.5 Å². The van der Waals surface area contributed by atoms with Crippen LogP contribution in [0, 0.1) is 0 Å². The highest BCUT2D eigenvalue weighted by Gasteiger charge is 2.26. The molecule has 1 aliphatic rings. The molecule has 0 radical (unpaired) electrons. The molecule has 1 unspecified atom stereocenters. The van der Waals surface area contributed by atoms with E-state index in [9.17, 15) is 0 Å². The minimum Gasteiger partial charge on any atom is -0.497 e. The average molecular weight is 380 g/mol. The highest BCUT2D eigenvalue weighted by atomic mass is 16.5. The number of fused-ring (bicyclic) bond motifs is 1. The lowest BCUT2D eigenvalue weighted by Gasteiger charge is -2.38. The Balaban J connectivity index is 1.82. The van der Waals surface area contributed by atoms with Gasteiger partial charge in [0.2, 0.25) is 0 Å². The lowest BCUT2D eigenvalue weighted by molar-refractivity contribution is 0.355. The summed E-state index contributed by atoms with van der Waals surface area (Å²) in [5.41, 5.74) is 3.00. The zero-order valence-corrected chi connectivity index (χ0v) is 16.3. The molecule has 146 valence electrons. The number of piperazine rings is 1. The maximum absolute atomic E-state index is 5.51. The minimum atomic E-state index is 0.157. The van der Waals surface area contributed by atoms with Crippen molar-refractivity contribution in [3.05, 3.63) is 48.2 Å². The molecule has 0 spiro atoms. The Morgan fingerprint density at radius 3 is 2.64 bits per heavy atom. The zero-order chi connectivity index (χ0) is 19.5. The van der Waals surface area contributed by atoms with E-state index in [0.717, 1.165) is 42.0 Å². The van der Waals surface area contributed by atoms with Crippen LogP contribution in [0.5, 0.6) is 17.2 Å². The van der Waals surface area contributed by atoms with Crippen LogP contribution in [0.2, 0.25) is 0 Å². The Morgan fingerprint density at radius 1 is 1.04 bits per heavy atom. The van der Waals surface area contributed by atoms with Gasteiger partial charge in [0.1, 0.15) is 5.75 Å². The standard InChI is InChI=1S/C21H24N4O3/c1-26-15-6-4-5-14(9-15)18-12-22-7-8-25(18)19-13-23-24-17-11-21(28-3)20(27-2)10-16(17)19/h4-6,9-11,13,18,22H,7-8,12H2,1-3H3. The lowest BCUT2D eigenvalue weighted by atomic mass is 10.0. The molecular formula is C21H24N4O3. The lowest BCUT2D eigenvalue weighted by Crippen LogP contribution is -2.46. The number of rotatable bonds is 5. The van der Waals surface area contributed by atoms with Crippen LogP contribution in [-0.4, -0.2) is 51.2 Å². The van der Waals surface area contributed by atoms with E-state index in [0.29, 0.717) is 11.5 Å². The van der Waals surface area contributed by atoms with Gasteiger partial charge in [0.25, 0.3) is 0 Å². The highest BCUT2D eigenvalue weighted by Crippen LogP contribution is 2.38. The van der Waals surface area contributed by atoms with Crippen LogP contribution in [-0.2, 0) is 0 Å². The van der Waals surface area contributed by atoms with Gasteiger partial charge in [-0.15, -0.1) is 0 Å². The van der Waals surface area contributed by atoms with Crippen molar-refractivity contribution in [2.75, 3.05) is 45.9 Å². The van der Waals surface area contributed by atoms with Crippen LogP contribution in [0.4, 0.5) is 5.69 Å². The van der Waals surface area contributed by atoms with Gasteiger partial charge in [-0.3, -0.25) is 0 Å². The van der Waals surface area contributed by atoms with Gasteiger partial charge in [-0.05, 0) is 23.8 Å². The summed E-state index contributed by atoms with van der Waals surface area (Å²) >= 11 is 0. The van der Waals surface area contributed by atoms with Gasteiger partial charge in [0, 0.05) is 31.1 Å². The first-order chi connectivity index (χ1) is 13.7. The van der Waals surface area contributed by atoms with E-state index >= 15 is 0 Å². The van der Waals surface area contributed by atoms with Gasteiger partial charge in [-0.1, -0.05) is 12.1 Å². The molecule has 1 fully saturated rings. The van der Waals surface area contributed by atoms with E-state index < -0.39 is 0 Å². The van der Waals surface area contributed by atoms with Gasteiger partial charge in [-0.25, -0.2) is 0 Å². The second-order valence-electron chi connectivity index (χ2n) is 6.64. The summed E-state index contributed by atoms with van der Waals surface area (Å²) in [7, 11) is 4.95. The predicted octanol–water partition coefficient (Wildman–Crippen LogP) is 2.81. The Bertz CT molecular complexity index is 979. The van der Waals surface area contributed by atoms with Crippen molar-refractivity contribution in [2.24, 2.45) is 0 Å². The summed E-state index contributed by atoms with van der Waals surface area (Å²) in [6.45, 7) is 2.60. The fourth-order valence-electron chi connectivity index (χ4n) is 3.74. The maximum Gasteiger partial charge on any atom is 0.162 e. The van der Waals surface area contributed by atoms with Gasteiger partial charge >= 0.3 is 0 Å². The molecule has 4 rings (SSSR count). The van der Waals surface area contributed by atoms with E-state index in [1.54, 1.807) is 21.3 Å². The molecule has 28 heavy (non-hydrogen) atoms. The molecule has 0 amide bonds. The molecule has 2 aromatic carbocycles. The molecule has 3 aromatic rings. The average Bonchev–Trinajstić information content (AvgIpc) is 2.77. The minimum absolute atomic E-state index is 0.157. The SMILES string of the molecule is COc1cccc(C2CNCCN2c2cnnc3cc(OC)c(OC)cc23)c1. The van der Waals surface area contributed by atoms with E-state index in [1.807, 2.05) is 30.5 Å². The summed E-state index contributed by atoms with van der Waals surface area (Å²) in [5.74, 6) is 2.18. The Morgan fingerprint density at radius 2 is 1.86 bits per heavy atom. The molecule has 0 aliphatic carbocycles. The smallest absolute Gasteiger partial charge is 0.162 e. The number of nitrogens with one attached hydrogen (secondary N) is 1. The van der Waals surface area contributed by atoms with Crippen LogP contribution in [0.3, 0.4) is 0 Å². The number of hydrogen-bond donors (Lipinski definition) is 1. The fourth-order valence-corrected chi connectivity index (χ4v) is 3.74. The molecule has 0 saturated carbocycles. The molecule has 2 heterocycles. The third-order valence-electron chi connectivity index (χ3n) is 5.15. The summed E-state index contributed by atoms with van der Waals surface area (Å²) < 4.78 is 16.3.